The predicted octanol–water partition coefficient (Wildman–Crippen LogP) is 2.07. The first-order valence-corrected chi connectivity index (χ1v) is 4.44. The quantitative estimate of drug-likeness (QED) is 0.756. The number of pyridine rings is 1. The topological polar surface area (TPSA) is 42.0 Å². The molecule has 76 valence electrons. The highest BCUT2D eigenvalue weighted by Gasteiger charge is 2.04. The Balaban J connectivity index is 2.75. The van der Waals surface area contributed by atoms with Crippen LogP contribution < -0.4 is 5.32 Å². The van der Waals surface area contributed by atoms with Crippen LogP contribution in [0.1, 0.15) is 10.4 Å². The number of nitrogens with zero attached hydrogens (tertiary/aromatic N) is 1. The molecular formula is C12H12N2O. The summed E-state index contributed by atoms with van der Waals surface area (Å²) in [6.45, 7) is 7.13. The van der Waals surface area contributed by atoms with E-state index in [4.69, 9.17) is 0 Å². The Kier molecular flexibility index (Phi) is 4.04. The lowest BCUT2D eigenvalue weighted by Crippen LogP contribution is -2.21. The molecule has 1 heterocycles. The number of rotatable bonds is 4. The van der Waals surface area contributed by atoms with E-state index in [2.05, 4.69) is 23.5 Å². The molecule has 0 bridgehead atoms. The summed E-state index contributed by atoms with van der Waals surface area (Å²) in [6.07, 6.45) is 7.95. The summed E-state index contributed by atoms with van der Waals surface area (Å²) in [5.74, 6) is -0.189. The molecule has 3 heteroatoms. The Morgan fingerprint density at radius 3 is 2.53 bits per heavy atom. The molecule has 1 aromatic rings. The smallest absolute Gasteiger partial charge is 0.255 e. The number of nitrogens with one attached hydrogen (secondary N) is 1. The van der Waals surface area contributed by atoms with Crippen LogP contribution >= 0.6 is 0 Å². The molecule has 0 atom stereocenters. The average molecular weight is 200 g/mol. The van der Waals surface area contributed by atoms with Crippen LogP contribution in [0.2, 0.25) is 0 Å². The fourth-order valence-electron chi connectivity index (χ4n) is 0.994. The normalized spacial score (nSPS) is 10.5. The fourth-order valence-corrected chi connectivity index (χ4v) is 0.994. The molecule has 1 aromatic heterocycles. The summed E-state index contributed by atoms with van der Waals surface area (Å²) in [5, 5.41) is 2.69. The first kappa shape index (κ1) is 10.9. The molecule has 0 fully saturated rings. The fraction of sp³-hybridized carbons (Fsp3) is 0. The van der Waals surface area contributed by atoms with Crippen LogP contribution in [0.15, 0.2) is 61.6 Å². The van der Waals surface area contributed by atoms with Gasteiger partial charge in [0.1, 0.15) is 0 Å². The van der Waals surface area contributed by atoms with E-state index in [1.54, 1.807) is 42.8 Å². The third-order valence-corrected chi connectivity index (χ3v) is 1.72. The van der Waals surface area contributed by atoms with E-state index in [0.717, 1.165) is 0 Å². The molecule has 1 amide bonds. The van der Waals surface area contributed by atoms with Gasteiger partial charge in [-0.05, 0) is 24.3 Å². The highest BCUT2D eigenvalue weighted by molar-refractivity contribution is 5.95. The Labute approximate surface area is 88.8 Å². The van der Waals surface area contributed by atoms with Crippen molar-refractivity contribution in [3.63, 3.8) is 0 Å². The standard InChI is InChI=1S/C12H12N2O/c1-3-5-11(4-2)14-12(15)10-6-8-13-9-7-10/h3-9H,1-2H2,(H,14,15). The molecule has 0 spiro atoms. The third kappa shape index (κ3) is 3.23. The first-order valence-electron chi connectivity index (χ1n) is 4.44. The van der Waals surface area contributed by atoms with Crippen LogP contribution in [-0.2, 0) is 0 Å². The molecular weight excluding hydrogens is 188 g/mol. The molecule has 0 aromatic carbocycles. The summed E-state index contributed by atoms with van der Waals surface area (Å²) in [7, 11) is 0. The van der Waals surface area contributed by atoms with Crippen LogP contribution in [0.25, 0.3) is 0 Å². The molecule has 0 aliphatic heterocycles. The zero-order valence-electron chi connectivity index (χ0n) is 8.31. The van der Waals surface area contributed by atoms with Crippen LogP contribution in [-0.4, -0.2) is 10.9 Å². The molecule has 0 aliphatic carbocycles. The molecule has 0 saturated carbocycles. The van der Waals surface area contributed by atoms with Crippen molar-refractivity contribution in [2.75, 3.05) is 0 Å². The molecule has 0 saturated heterocycles. The number of amides is 1. The molecule has 1 rings (SSSR count). The Morgan fingerprint density at radius 2 is 2.00 bits per heavy atom. The first-order chi connectivity index (χ1) is 7.27. The minimum Gasteiger partial charge on any atom is -0.322 e. The summed E-state index contributed by atoms with van der Waals surface area (Å²) in [6, 6.07) is 3.29. The summed E-state index contributed by atoms with van der Waals surface area (Å²) in [5.41, 5.74) is 1.17. The molecule has 0 aliphatic rings. The Morgan fingerprint density at radius 1 is 1.33 bits per heavy atom. The largest absolute Gasteiger partial charge is 0.322 e. The van der Waals surface area contributed by atoms with E-state index >= 15 is 0 Å². The SMILES string of the molecule is C=CC=C(C=C)NC(=O)c1ccncc1. The minimum atomic E-state index is -0.189. The van der Waals surface area contributed by atoms with E-state index < -0.39 is 0 Å². The zero-order chi connectivity index (χ0) is 11.1. The lowest BCUT2D eigenvalue weighted by Gasteiger charge is -2.04. The van der Waals surface area contributed by atoms with Crippen molar-refractivity contribution in [3.05, 3.63) is 67.2 Å². The molecule has 1 N–H and O–H groups in total. The van der Waals surface area contributed by atoms with Crippen molar-refractivity contribution in [3.8, 4) is 0 Å². The van der Waals surface area contributed by atoms with Crippen LogP contribution in [0, 0.1) is 0 Å². The van der Waals surface area contributed by atoms with Crippen molar-refractivity contribution >= 4 is 5.91 Å². The molecule has 0 radical (unpaired) electrons. The van der Waals surface area contributed by atoms with E-state index in [1.165, 1.54) is 0 Å². The van der Waals surface area contributed by atoms with Gasteiger partial charge in [0, 0.05) is 23.7 Å². The number of carbonyl (C=O) groups excluding carboxylic acids is 1. The van der Waals surface area contributed by atoms with Gasteiger partial charge in [-0.25, -0.2) is 0 Å². The van der Waals surface area contributed by atoms with Gasteiger partial charge in [0.25, 0.3) is 5.91 Å². The lowest BCUT2D eigenvalue weighted by atomic mass is 10.2. The maximum atomic E-state index is 11.6. The van der Waals surface area contributed by atoms with Gasteiger partial charge in [-0.1, -0.05) is 19.2 Å². The predicted molar refractivity (Wildman–Crippen MR) is 60.2 cm³/mol. The maximum Gasteiger partial charge on any atom is 0.255 e. The van der Waals surface area contributed by atoms with Crippen LogP contribution in [0.3, 0.4) is 0 Å². The monoisotopic (exact) mass is 200 g/mol. The van der Waals surface area contributed by atoms with Gasteiger partial charge >= 0.3 is 0 Å². The second-order valence-corrected chi connectivity index (χ2v) is 2.75. The van der Waals surface area contributed by atoms with Crippen LogP contribution in [0.5, 0.6) is 0 Å². The van der Waals surface area contributed by atoms with Gasteiger partial charge in [0.15, 0.2) is 0 Å². The van der Waals surface area contributed by atoms with Gasteiger partial charge in [-0.2, -0.15) is 0 Å². The molecule has 0 unspecified atom stereocenters. The Hall–Kier alpha value is -2.16. The minimum absolute atomic E-state index is 0.189. The van der Waals surface area contributed by atoms with Crippen molar-refractivity contribution in [2.24, 2.45) is 0 Å². The highest BCUT2D eigenvalue weighted by Crippen LogP contribution is 1.99. The molecule has 15 heavy (non-hydrogen) atoms. The number of aromatic nitrogens is 1. The van der Waals surface area contributed by atoms with E-state index in [-0.39, 0.29) is 5.91 Å². The van der Waals surface area contributed by atoms with Gasteiger partial charge < -0.3 is 5.32 Å². The third-order valence-electron chi connectivity index (χ3n) is 1.72. The number of carbonyl (C=O) groups is 1. The lowest BCUT2D eigenvalue weighted by molar-refractivity contribution is 0.0967. The van der Waals surface area contributed by atoms with Crippen molar-refractivity contribution in [1.82, 2.24) is 10.3 Å². The van der Waals surface area contributed by atoms with E-state index in [1.807, 2.05) is 0 Å². The molecule has 3 nitrogen and oxygen atoms in total. The number of hydrogen-bond donors (Lipinski definition) is 1. The van der Waals surface area contributed by atoms with Crippen molar-refractivity contribution in [1.29, 1.82) is 0 Å². The average Bonchev–Trinajstić information content (AvgIpc) is 2.29. The van der Waals surface area contributed by atoms with E-state index in [9.17, 15) is 4.79 Å². The van der Waals surface area contributed by atoms with Gasteiger partial charge in [0.05, 0.1) is 0 Å². The van der Waals surface area contributed by atoms with E-state index in [0.29, 0.717) is 11.3 Å². The maximum absolute atomic E-state index is 11.6. The second kappa shape index (κ2) is 5.54. The van der Waals surface area contributed by atoms with Crippen molar-refractivity contribution in [2.45, 2.75) is 0 Å². The summed E-state index contributed by atoms with van der Waals surface area (Å²) >= 11 is 0. The Bertz CT molecular complexity index is 393. The highest BCUT2D eigenvalue weighted by atomic mass is 16.1. The number of allylic oxidation sites excluding steroid dienone is 3. The van der Waals surface area contributed by atoms with Gasteiger partial charge in [0.2, 0.25) is 0 Å². The van der Waals surface area contributed by atoms with Gasteiger partial charge in [-0.3, -0.25) is 9.78 Å². The number of hydrogen-bond acceptors (Lipinski definition) is 2. The van der Waals surface area contributed by atoms with Gasteiger partial charge in [-0.15, -0.1) is 0 Å². The van der Waals surface area contributed by atoms with Crippen LogP contribution in [0.4, 0.5) is 0 Å². The summed E-state index contributed by atoms with van der Waals surface area (Å²) < 4.78 is 0. The summed E-state index contributed by atoms with van der Waals surface area (Å²) in [4.78, 5) is 15.5. The second-order valence-electron chi connectivity index (χ2n) is 2.75. The van der Waals surface area contributed by atoms with Crippen molar-refractivity contribution < 1.29 is 4.79 Å². The zero-order valence-corrected chi connectivity index (χ0v) is 8.31.